The molecule has 0 aromatic heterocycles. The smallest absolute Gasteiger partial charge is 0.0636 e. The summed E-state index contributed by atoms with van der Waals surface area (Å²) in [7, 11) is 0. The quantitative estimate of drug-likeness (QED) is 0.874. The van der Waals surface area contributed by atoms with Crippen molar-refractivity contribution >= 4 is 23.4 Å². The van der Waals surface area contributed by atoms with E-state index in [1.54, 1.807) is 6.92 Å². The molecule has 0 aliphatic carbocycles. The molecule has 4 heteroatoms. The van der Waals surface area contributed by atoms with Crippen molar-refractivity contribution in [1.82, 2.24) is 5.32 Å². The summed E-state index contributed by atoms with van der Waals surface area (Å²) in [6.45, 7) is 2.42. The maximum atomic E-state index is 9.29. The van der Waals surface area contributed by atoms with Gasteiger partial charge >= 0.3 is 0 Å². The van der Waals surface area contributed by atoms with E-state index in [9.17, 15) is 5.11 Å². The van der Waals surface area contributed by atoms with Crippen molar-refractivity contribution in [1.29, 1.82) is 0 Å². The van der Waals surface area contributed by atoms with Crippen LogP contribution in [0.15, 0.2) is 23.1 Å². The second-order valence-electron chi connectivity index (χ2n) is 4.13. The average Bonchev–Trinajstić information content (AvgIpc) is 2.26. The molecule has 0 radical (unpaired) electrons. The second-order valence-corrected chi connectivity index (χ2v) is 5.70. The van der Waals surface area contributed by atoms with Crippen molar-refractivity contribution in [3.05, 3.63) is 28.8 Å². The Morgan fingerprint density at radius 2 is 2.44 bits per heavy atom. The monoisotopic (exact) mass is 257 g/mol. The number of aliphatic hydroxyl groups excluding tert-OH is 1. The molecule has 0 spiro atoms. The summed E-state index contributed by atoms with van der Waals surface area (Å²) in [5.74, 6) is 1.12. The highest BCUT2D eigenvalue weighted by atomic mass is 35.5. The standard InChI is InChI=1S/C12H16ClNOS/c1-8(15)7-14-11-4-5-16-12-3-2-9(13)6-10(11)12/h2-3,6,8,11,14-15H,4-5,7H2,1H3/t8-,11?/m1/s1. The van der Waals surface area contributed by atoms with Crippen molar-refractivity contribution in [2.45, 2.75) is 30.4 Å². The van der Waals surface area contributed by atoms with Gasteiger partial charge in [0.05, 0.1) is 6.10 Å². The summed E-state index contributed by atoms with van der Waals surface area (Å²) >= 11 is 7.89. The topological polar surface area (TPSA) is 32.3 Å². The number of hydrogen-bond acceptors (Lipinski definition) is 3. The number of thioether (sulfide) groups is 1. The molecule has 0 amide bonds. The summed E-state index contributed by atoms with van der Waals surface area (Å²) in [5, 5.41) is 13.5. The van der Waals surface area contributed by atoms with Crippen LogP contribution < -0.4 is 5.32 Å². The van der Waals surface area contributed by atoms with Crippen LogP contribution in [0.3, 0.4) is 0 Å². The van der Waals surface area contributed by atoms with E-state index in [1.807, 2.05) is 23.9 Å². The van der Waals surface area contributed by atoms with Crippen LogP contribution in [0.2, 0.25) is 5.02 Å². The highest BCUT2D eigenvalue weighted by molar-refractivity contribution is 7.99. The summed E-state index contributed by atoms with van der Waals surface area (Å²) in [6, 6.07) is 6.37. The second kappa shape index (κ2) is 5.41. The van der Waals surface area contributed by atoms with Crippen LogP contribution in [0, 0.1) is 0 Å². The zero-order chi connectivity index (χ0) is 11.5. The molecule has 2 nitrogen and oxygen atoms in total. The van der Waals surface area contributed by atoms with E-state index >= 15 is 0 Å². The van der Waals surface area contributed by atoms with Crippen LogP contribution in [0.1, 0.15) is 24.9 Å². The maximum absolute atomic E-state index is 9.29. The van der Waals surface area contributed by atoms with Gasteiger partial charge < -0.3 is 10.4 Å². The number of halogens is 1. The van der Waals surface area contributed by atoms with Gasteiger partial charge in [0, 0.05) is 22.5 Å². The summed E-state index contributed by atoms with van der Waals surface area (Å²) in [4.78, 5) is 1.30. The predicted molar refractivity (Wildman–Crippen MR) is 69.2 cm³/mol. The van der Waals surface area contributed by atoms with Gasteiger partial charge in [0.15, 0.2) is 0 Å². The lowest BCUT2D eigenvalue weighted by atomic mass is 10.0. The van der Waals surface area contributed by atoms with Crippen molar-refractivity contribution < 1.29 is 5.11 Å². The Labute approximate surface area is 105 Å². The SMILES string of the molecule is C[C@@H](O)CNC1CCSc2ccc(Cl)cc21. The Morgan fingerprint density at radius 1 is 1.62 bits per heavy atom. The lowest BCUT2D eigenvalue weighted by Gasteiger charge is -2.26. The van der Waals surface area contributed by atoms with Crippen LogP contribution >= 0.6 is 23.4 Å². The Hall–Kier alpha value is -0.220. The number of nitrogens with one attached hydrogen (secondary N) is 1. The van der Waals surface area contributed by atoms with Gasteiger partial charge in [0.1, 0.15) is 0 Å². The highest BCUT2D eigenvalue weighted by Gasteiger charge is 2.20. The van der Waals surface area contributed by atoms with E-state index < -0.39 is 0 Å². The van der Waals surface area contributed by atoms with Crippen molar-refractivity contribution in [2.24, 2.45) is 0 Å². The molecule has 0 fully saturated rings. The summed E-state index contributed by atoms with van der Waals surface area (Å²) in [5.41, 5.74) is 1.27. The van der Waals surface area contributed by atoms with Crippen LogP contribution in [-0.2, 0) is 0 Å². The molecule has 16 heavy (non-hydrogen) atoms. The van der Waals surface area contributed by atoms with E-state index in [4.69, 9.17) is 11.6 Å². The Morgan fingerprint density at radius 3 is 3.19 bits per heavy atom. The van der Waals surface area contributed by atoms with Crippen LogP contribution in [0.5, 0.6) is 0 Å². The summed E-state index contributed by atoms with van der Waals surface area (Å²) < 4.78 is 0. The lowest BCUT2D eigenvalue weighted by Crippen LogP contribution is -2.30. The van der Waals surface area contributed by atoms with Crippen molar-refractivity contribution in [2.75, 3.05) is 12.3 Å². The van der Waals surface area contributed by atoms with E-state index in [0.717, 1.165) is 17.2 Å². The molecule has 0 saturated heterocycles. The van der Waals surface area contributed by atoms with E-state index in [1.165, 1.54) is 10.5 Å². The molecule has 88 valence electrons. The number of hydrogen-bond donors (Lipinski definition) is 2. The predicted octanol–water partition coefficient (Wildman–Crippen LogP) is 2.85. The third-order valence-corrected chi connectivity index (χ3v) is 4.03. The first kappa shape index (κ1) is 12.2. The van der Waals surface area contributed by atoms with Crippen LogP contribution in [0.4, 0.5) is 0 Å². The van der Waals surface area contributed by atoms with E-state index in [-0.39, 0.29) is 6.10 Å². The average molecular weight is 258 g/mol. The van der Waals surface area contributed by atoms with Gasteiger partial charge in [0.2, 0.25) is 0 Å². The van der Waals surface area contributed by atoms with Crippen LogP contribution in [0.25, 0.3) is 0 Å². The highest BCUT2D eigenvalue weighted by Crippen LogP contribution is 2.37. The van der Waals surface area contributed by atoms with Gasteiger partial charge in [-0.25, -0.2) is 0 Å². The van der Waals surface area contributed by atoms with Crippen molar-refractivity contribution in [3.63, 3.8) is 0 Å². The molecular formula is C12H16ClNOS. The minimum absolute atomic E-state index is 0.308. The molecule has 2 rings (SSSR count). The third kappa shape index (κ3) is 2.92. The van der Waals surface area contributed by atoms with Gasteiger partial charge in [-0.15, -0.1) is 11.8 Å². The normalized spacial score (nSPS) is 21.6. The molecule has 1 aliphatic rings. The lowest BCUT2D eigenvalue weighted by molar-refractivity contribution is 0.185. The maximum Gasteiger partial charge on any atom is 0.0636 e. The molecule has 1 aliphatic heterocycles. The first-order valence-electron chi connectivity index (χ1n) is 5.50. The van der Waals surface area contributed by atoms with E-state index in [0.29, 0.717) is 12.6 Å². The fourth-order valence-corrected chi connectivity index (χ4v) is 3.18. The summed E-state index contributed by atoms with van der Waals surface area (Å²) in [6.07, 6.45) is 0.780. The van der Waals surface area contributed by atoms with Gasteiger partial charge in [-0.05, 0) is 42.9 Å². The number of benzene rings is 1. The Kier molecular flexibility index (Phi) is 4.14. The van der Waals surface area contributed by atoms with Gasteiger partial charge in [-0.1, -0.05) is 11.6 Å². The zero-order valence-corrected chi connectivity index (χ0v) is 10.8. The zero-order valence-electron chi connectivity index (χ0n) is 9.24. The fourth-order valence-electron chi connectivity index (χ4n) is 1.89. The molecule has 1 unspecified atom stereocenters. The molecule has 0 saturated carbocycles. The minimum atomic E-state index is -0.308. The molecule has 2 atom stereocenters. The Bertz CT molecular complexity index is 370. The van der Waals surface area contributed by atoms with Gasteiger partial charge in [-0.3, -0.25) is 0 Å². The molecular weight excluding hydrogens is 242 g/mol. The number of rotatable bonds is 3. The number of aliphatic hydroxyl groups is 1. The van der Waals surface area contributed by atoms with Crippen molar-refractivity contribution in [3.8, 4) is 0 Å². The van der Waals surface area contributed by atoms with Gasteiger partial charge in [-0.2, -0.15) is 0 Å². The van der Waals surface area contributed by atoms with Gasteiger partial charge in [0.25, 0.3) is 0 Å². The van der Waals surface area contributed by atoms with Crippen LogP contribution in [-0.4, -0.2) is 23.5 Å². The van der Waals surface area contributed by atoms with E-state index in [2.05, 4.69) is 11.4 Å². The minimum Gasteiger partial charge on any atom is -0.392 e. The first-order valence-corrected chi connectivity index (χ1v) is 6.87. The Balaban J connectivity index is 2.15. The third-order valence-electron chi connectivity index (χ3n) is 2.67. The first-order chi connectivity index (χ1) is 7.66. The number of fused-ring (bicyclic) bond motifs is 1. The molecule has 1 aromatic rings. The molecule has 1 aromatic carbocycles. The fraction of sp³-hybridized carbons (Fsp3) is 0.500. The molecule has 1 heterocycles. The molecule has 0 bridgehead atoms. The molecule has 2 N–H and O–H groups in total. The largest absolute Gasteiger partial charge is 0.392 e.